The molecule has 0 bridgehead atoms. The summed E-state index contributed by atoms with van der Waals surface area (Å²) in [7, 11) is 0. The molecule has 0 amide bonds. The maximum Gasteiger partial charge on any atom is 0.146 e. The quantitative estimate of drug-likeness (QED) is 0.824. The van der Waals surface area contributed by atoms with Crippen molar-refractivity contribution in [2.24, 2.45) is 0 Å². The third-order valence-corrected chi connectivity index (χ3v) is 3.51. The van der Waals surface area contributed by atoms with Crippen LogP contribution >= 0.6 is 0 Å². The molecule has 0 radical (unpaired) electrons. The fraction of sp³-hybridized carbons (Fsp3) is 0.333. The fourth-order valence-electron chi connectivity index (χ4n) is 2.17. The van der Waals surface area contributed by atoms with Crippen molar-refractivity contribution < 1.29 is 4.39 Å². The van der Waals surface area contributed by atoms with E-state index >= 15 is 0 Å². The van der Waals surface area contributed by atoms with Crippen molar-refractivity contribution in [1.82, 2.24) is 0 Å². The molecule has 20 heavy (non-hydrogen) atoms. The van der Waals surface area contributed by atoms with Crippen molar-refractivity contribution in [3.63, 3.8) is 0 Å². The van der Waals surface area contributed by atoms with E-state index in [0.29, 0.717) is 12.2 Å². The highest BCUT2D eigenvalue weighted by molar-refractivity contribution is 5.52. The van der Waals surface area contributed by atoms with E-state index in [-0.39, 0.29) is 11.2 Å². The summed E-state index contributed by atoms with van der Waals surface area (Å²) >= 11 is 0. The van der Waals surface area contributed by atoms with E-state index in [1.54, 1.807) is 6.07 Å². The van der Waals surface area contributed by atoms with Gasteiger partial charge >= 0.3 is 0 Å². The maximum atomic E-state index is 13.7. The maximum absolute atomic E-state index is 13.7. The van der Waals surface area contributed by atoms with E-state index in [2.05, 4.69) is 50.4 Å². The molecular weight excluding hydrogens is 249 g/mol. The van der Waals surface area contributed by atoms with Crippen molar-refractivity contribution in [3.05, 3.63) is 65.0 Å². The third-order valence-electron chi connectivity index (χ3n) is 3.51. The second kappa shape index (κ2) is 5.66. The van der Waals surface area contributed by atoms with E-state index in [0.717, 1.165) is 11.1 Å². The lowest BCUT2D eigenvalue weighted by atomic mass is 9.87. The van der Waals surface area contributed by atoms with Crippen LogP contribution in [0.4, 0.5) is 10.1 Å². The summed E-state index contributed by atoms with van der Waals surface area (Å²) in [5.74, 6) is -0.198. The monoisotopic (exact) mass is 271 g/mol. The molecule has 0 aromatic heterocycles. The van der Waals surface area contributed by atoms with Crippen molar-refractivity contribution in [1.29, 1.82) is 0 Å². The second-order valence-electron chi connectivity index (χ2n) is 6.23. The molecule has 2 aromatic rings. The van der Waals surface area contributed by atoms with Gasteiger partial charge in [0, 0.05) is 6.54 Å². The predicted octanol–water partition coefficient (Wildman–Crippen LogP) is 5.04. The molecule has 0 saturated heterocycles. The number of hydrogen-bond acceptors (Lipinski definition) is 1. The summed E-state index contributed by atoms with van der Waals surface area (Å²) in [5.41, 5.74) is 4.14. The van der Waals surface area contributed by atoms with Crippen LogP contribution in [0.3, 0.4) is 0 Å². The Balaban J connectivity index is 2.08. The van der Waals surface area contributed by atoms with Crippen molar-refractivity contribution in [3.8, 4) is 0 Å². The average molecular weight is 271 g/mol. The van der Waals surface area contributed by atoms with Crippen molar-refractivity contribution >= 4 is 5.69 Å². The van der Waals surface area contributed by atoms with E-state index < -0.39 is 0 Å². The summed E-state index contributed by atoms with van der Waals surface area (Å²) < 4.78 is 13.7. The van der Waals surface area contributed by atoms with E-state index in [1.807, 2.05) is 13.0 Å². The molecule has 0 unspecified atom stereocenters. The normalized spacial score (nSPS) is 11.4. The van der Waals surface area contributed by atoms with Gasteiger partial charge in [-0.15, -0.1) is 0 Å². The standard InChI is InChI=1S/C18H22FN/c1-13-6-5-7-16(19)17(13)20-12-14-8-10-15(11-9-14)18(2,3)4/h5-11,20H,12H2,1-4H3. The zero-order valence-corrected chi connectivity index (χ0v) is 12.6. The number of rotatable bonds is 3. The molecule has 1 N–H and O–H groups in total. The van der Waals surface area contributed by atoms with Gasteiger partial charge in [-0.3, -0.25) is 0 Å². The molecule has 0 aliphatic carbocycles. The van der Waals surface area contributed by atoms with Crippen LogP contribution in [0.25, 0.3) is 0 Å². The van der Waals surface area contributed by atoms with Gasteiger partial charge in [0.2, 0.25) is 0 Å². The molecule has 0 aliphatic rings. The molecule has 0 aliphatic heterocycles. The van der Waals surface area contributed by atoms with Gasteiger partial charge < -0.3 is 5.32 Å². The smallest absolute Gasteiger partial charge is 0.146 e. The molecule has 2 heteroatoms. The van der Waals surface area contributed by atoms with Gasteiger partial charge in [-0.05, 0) is 35.1 Å². The van der Waals surface area contributed by atoms with E-state index in [9.17, 15) is 4.39 Å². The van der Waals surface area contributed by atoms with Gasteiger partial charge in [-0.1, -0.05) is 57.2 Å². The molecule has 0 fully saturated rings. The van der Waals surface area contributed by atoms with Crippen molar-refractivity contribution in [2.45, 2.75) is 39.7 Å². The first kappa shape index (κ1) is 14.6. The Kier molecular flexibility index (Phi) is 4.12. The first-order valence-corrected chi connectivity index (χ1v) is 6.96. The van der Waals surface area contributed by atoms with Crippen LogP contribution in [0, 0.1) is 12.7 Å². The summed E-state index contributed by atoms with van der Waals surface area (Å²) in [5, 5.41) is 3.18. The van der Waals surface area contributed by atoms with Crippen molar-refractivity contribution in [2.75, 3.05) is 5.32 Å². The summed E-state index contributed by atoms with van der Waals surface area (Å²) in [4.78, 5) is 0. The lowest BCUT2D eigenvalue weighted by Gasteiger charge is -2.19. The van der Waals surface area contributed by atoms with Gasteiger partial charge in [0.25, 0.3) is 0 Å². The first-order chi connectivity index (χ1) is 9.38. The zero-order valence-electron chi connectivity index (χ0n) is 12.6. The minimum Gasteiger partial charge on any atom is -0.378 e. The summed E-state index contributed by atoms with van der Waals surface area (Å²) in [6.45, 7) is 9.13. The van der Waals surface area contributed by atoms with Gasteiger partial charge in [-0.25, -0.2) is 4.39 Å². The van der Waals surface area contributed by atoms with Crippen LogP contribution in [0.15, 0.2) is 42.5 Å². The van der Waals surface area contributed by atoms with Crippen LogP contribution in [0.2, 0.25) is 0 Å². The largest absolute Gasteiger partial charge is 0.378 e. The SMILES string of the molecule is Cc1cccc(F)c1NCc1ccc(C(C)(C)C)cc1. The summed E-state index contributed by atoms with van der Waals surface area (Å²) in [6, 6.07) is 13.6. The predicted molar refractivity (Wildman–Crippen MR) is 83.6 cm³/mol. The highest BCUT2D eigenvalue weighted by Crippen LogP contribution is 2.23. The van der Waals surface area contributed by atoms with E-state index in [1.165, 1.54) is 11.6 Å². The van der Waals surface area contributed by atoms with Gasteiger partial charge in [0.15, 0.2) is 0 Å². The molecule has 0 atom stereocenters. The number of benzene rings is 2. The number of anilines is 1. The third kappa shape index (κ3) is 3.38. The lowest BCUT2D eigenvalue weighted by molar-refractivity contribution is 0.590. The minimum absolute atomic E-state index is 0.161. The molecule has 2 rings (SSSR count). The van der Waals surface area contributed by atoms with Gasteiger partial charge in [0.1, 0.15) is 5.82 Å². The van der Waals surface area contributed by atoms with Gasteiger partial charge in [0.05, 0.1) is 5.69 Å². The molecule has 1 nitrogen and oxygen atoms in total. The zero-order chi connectivity index (χ0) is 14.8. The highest BCUT2D eigenvalue weighted by Gasteiger charge is 2.12. The number of aryl methyl sites for hydroxylation is 1. The lowest BCUT2D eigenvalue weighted by Crippen LogP contribution is -2.11. The van der Waals surface area contributed by atoms with Crippen LogP contribution in [-0.2, 0) is 12.0 Å². The van der Waals surface area contributed by atoms with Crippen LogP contribution in [0.5, 0.6) is 0 Å². The van der Waals surface area contributed by atoms with Gasteiger partial charge in [-0.2, -0.15) is 0 Å². The Morgan fingerprint density at radius 3 is 2.20 bits per heavy atom. The molecule has 0 saturated carbocycles. The summed E-state index contributed by atoms with van der Waals surface area (Å²) in [6.07, 6.45) is 0. The Morgan fingerprint density at radius 2 is 1.65 bits per heavy atom. The Hall–Kier alpha value is -1.83. The van der Waals surface area contributed by atoms with Crippen LogP contribution in [0.1, 0.15) is 37.5 Å². The average Bonchev–Trinajstić information content (AvgIpc) is 2.37. The second-order valence-corrected chi connectivity index (χ2v) is 6.23. The molecule has 0 heterocycles. The Morgan fingerprint density at radius 1 is 1.00 bits per heavy atom. The molecule has 0 spiro atoms. The minimum atomic E-state index is -0.198. The molecule has 106 valence electrons. The first-order valence-electron chi connectivity index (χ1n) is 6.96. The number of para-hydroxylation sites is 1. The fourth-order valence-corrected chi connectivity index (χ4v) is 2.17. The van der Waals surface area contributed by atoms with Crippen LogP contribution < -0.4 is 5.32 Å². The topological polar surface area (TPSA) is 12.0 Å². The van der Waals surface area contributed by atoms with E-state index in [4.69, 9.17) is 0 Å². The number of nitrogens with one attached hydrogen (secondary N) is 1. The Bertz CT molecular complexity index is 559. The molecule has 2 aromatic carbocycles. The highest BCUT2D eigenvalue weighted by atomic mass is 19.1. The number of hydrogen-bond donors (Lipinski definition) is 1. The van der Waals surface area contributed by atoms with Crippen LogP contribution in [-0.4, -0.2) is 0 Å². The number of halogens is 1. The molecular formula is C18H22FN. The Labute approximate surface area is 120 Å².